The zero-order valence-corrected chi connectivity index (χ0v) is 9.03. The van der Waals surface area contributed by atoms with Crippen LogP contribution in [0.3, 0.4) is 0 Å². The maximum absolute atomic E-state index is 12.9. The highest BCUT2D eigenvalue weighted by Gasteiger charge is 2.12. The van der Waals surface area contributed by atoms with Crippen molar-refractivity contribution in [2.24, 2.45) is 0 Å². The minimum atomic E-state index is -0.890. The number of nitrogens with zero attached hydrogens (tertiary/aromatic N) is 1. The molecule has 0 aliphatic rings. The van der Waals surface area contributed by atoms with E-state index in [2.05, 4.69) is 4.98 Å². The summed E-state index contributed by atoms with van der Waals surface area (Å²) < 4.78 is 12.9. The first-order chi connectivity index (χ1) is 7.68. The van der Waals surface area contributed by atoms with Gasteiger partial charge in [-0.25, -0.2) is 4.39 Å². The number of aromatic nitrogens is 1. The number of pyridine rings is 1. The van der Waals surface area contributed by atoms with Gasteiger partial charge in [-0.05, 0) is 29.8 Å². The molecule has 0 spiro atoms. The van der Waals surface area contributed by atoms with Gasteiger partial charge in [0.15, 0.2) is 0 Å². The summed E-state index contributed by atoms with van der Waals surface area (Å²) in [5, 5.41) is 9.96. The first kappa shape index (κ1) is 11.0. The molecule has 1 heterocycles. The molecule has 16 heavy (non-hydrogen) atoms. The van der Waals surface area contributed by atoms with E-state index in [4.69, 9.17) is 11.6 Å². The van der Waals surface area contributed by atoms with Crippen molar-refractivity contribution in [2.45, 2.75) is 6.10 Å². The average molecular weight is 238 g/mol. The quantitative estimate of drug-likeness (QED) is 0.871. The van der Waals surface area contributed by atoms with Crippen LogP contribution in [0.1, 0.15) is 17.4 Å². The van der Waals surface area contributed by atoms with Gasteiger partial charge in [0.2, 0.25) is 0 Å². The molecule has 0 fully saturated rings. The Balaban J connectivity index is 2.34. The number of halogens is 2. The minimum absolute atomic E-state index is 0.00696. The van der Waals surface area contributed by atoms with E-state index < -0.39 is 11.9 Å². The van der Waals surface area contributed by atoms with Gasteiger partial charge in [-0.2, -0.15) is 0 Å². The second kappa shape index (κ2) is 4.60. The van der Waals surface area contributed by atoms with Gasteiger partial charge >= 0.3 is 0 Å². The predicted molar refractivity (Wildman–Crippen MR) is 59.7 cm³/mol. The maximum atomic E-state index is 12.9. The summed E-state index contributed by atoms with van der Waals surface area (Å²) >= 11 is 5.64. The second-order valence-corrected chi connectivity index (χ2v) is 3.74. The van der Waals surface area contributed by atoms with Crippen molar-refractivity contribution in [2.75, 3.05) is 0 Å². The van der Waals surface area contributed by atoms with E-state index in [1.165, 1.54) is 18.2 Å². The Bertz CT molecular complexity index is 490. The number of benzene rings is 1. The van der Waals surface area contributed by atoms with Crippen LogP contribution in [0, 0.1) is 5.82 Å². The summed E-state index contributed by atoms with van der Waals surface area (Å²) in [4.78, 5) is 4.02. The molecule has 1 N–H and O–H groups in total. The molecule has 0 bridgehead atoms. The Morgan fingerprint density at radius 3 is 2.69 bits per heavy atom. The Labute approximate surface area is 97.3 Å². The molecule has 2 aromatic rings. The topological polar surface area (TPSA) is 33.1 Å². The molecule has 2 nitrogen and oxygen atoms in total. The highest BCUT2D eigenvalue weighted by Crippen LogP contribution is 2.24. The molecule has 4 heteroatoms. The van der Waals surface area contributed by atoms with Crippen molar-refractivity contribution in [3.8, 4) is 0 Å². The van der Waals surface area contributed by atoms with E-state index in [0.717, 1.165) is 0 Å². The van der Waals surface area contributed by atoms with Crippen molar-refractivity contribution in [1.82, 2.24) is 4.98 Å². The maximum Gasteiger partial charge on any atom is 0.141 e. The lowest BCUT2D eigenvalue weighted by molar-refractivity contribution is 0.215. The van der Waals surface area contributed by atoms with Gasteiger partial charge in [0.1, 0.15) is 11.9 Å². The summed E-state index contributed by atoms with van der Waals surface area (Å²) in [5.74, 6) is -0.501. The van der Waals surface area contributed by atoms with Crippen LogP contribution < -0.4 is 0 Å². The largest absolute Gasteiger partial charge is 0.382 e. The standard InChI is InChI=1S/C12H9ClFNO/c13-9-7-8(4-5-10(9)14)12(16)11-3-1-2-6-15-11/h1-7,12,16H. The molecule has 0 saturated heterocycles. The van der Waals surface area contributed by atoms with E-state index in [1.807, 2.05) is 0 Å². The van der Waals surface area contributed by atoms with Crippen molar-refractivity contribution in [1.29, 1.82) is 0 Å². The monoisotopic (exact) mass is 237 g/mol. The molecule has 0 aliphatic carbocycles. The lowest BCUT2D eigenvalue weighted by Gasteiger charge is -2.10. The fraction of sp³-hybridized carbons (Fsp3) is 0.0833. The number of aliphatic hydroxyl groups excluding tert-OH is 1. The van der Waals surface area contributed by atoms with Gasteiger partial charge in [-0.3, -0.25) is 4.98 Å². The van der Waals surface area contributed by atoms with Gasteiger partial charge in [0.05, 0.1) is 10.7 Å². The van der Waals surface area contributed by atoms with Crippen molar-refractivity contribution >= 4 is 11.6 Å². The molecule has 82 valence electrons. The Kier molecular flexibility index (Phi) is 3.17. The zero-order valence-electron chi connectivity index (χ0n) is 8.27. The molecule has 0 saturated carbocycles. The second-order valence-electron chi connectivity index (χ2n) is 3.33. The van der Waals surface area contributed by atoms with Crippen LogP contribution in [0.4, 0.5) is 4.39 Å². The van der Waals surface area contributed by atoms with Crippen LogP contribution in [0.15, 0.2) is 42.6 Å². The molecule has 1 aromatic heterocycles. The third-order valence-electron chi connectivity index (χ3n) is 2.23. The van der Waals surface area contributed by atoms with Gasteiger partial charge in [0.25, 0.3) is 0 Å². The molecular weight excluding hydrogens is 229 g/mol. The average Bonchev–Trinajstić information content (AvgIpc) is 2.33. The van der Waals surface area contributed by atoms with Crippen molar-refractivity contribution in [3.63, 3.8) is 0 Å². The zero-order chi connectivity index (χ0) is 11.5. The molecule has 1 unspecified atom stereocenters. The number of hydrogen-bond acceptors (Lipinski definition) is 2. The van der Waals surface area contributed by atoms with Gasteiger partial charge in [-0.15, -0.1) is 0 Å². The third kappa shape index (κ3) is 2.21. The predicted octanol–water partition coefficient (Wildman–Crippen LogP) is 2.96. The van der Waals surface area contributed by atoms with Gasteiger partial charge in [-0.1, -0.05) is 23.7 Å². The van der Waals surface area contributed by atoms with Crippen LogP contribution in [0.5, 0.6) is 0 Å². The molecule has 1 aromatic carbocycles. The lowest BCUT2D eigenvalue weighted by Crippen LogP contribution is -2.02. The summed E-state index contributed by atoms with van der Waals surface area (Å²) in [5.41, 5.74) is 1.02. The van der Waals surface area contributed by atoms with E-state index >= 15 is 0 Å². The van der Waals surface area contributed by atoms with Gasteiger partial charge in [0, 0.05) is 6.20 Å². The first-order valence-corrected chi connectivity index (χ1v) is 5.10. The van der Waals surface area contributed by atoms with Crippen LogP contribution >= 0.6 is 11.6 Å². The fourth-order valence-corrected chi connectivity index (χ4v) is 1.58. The molecule has 0 aliphatic heterocycles. The van der Waals surface area contributed by atoms with Crippen LogP contribution in [0.2, 0.25) is 5.02 Å². The summed E-state index contributed by atoms with van der Waals surface area (Å²) in [6.45, 7) is 0. The van der Waals surface area contributed by atoms with E-state index in [0.29, 0.717) is 11.3 Å². The van der Waals surface area contributed by atoms with Crippen LogP contribution in [-0.2, 0) is 0 Å². The number of rotatable bonds is 2. The fourth-order valence-electron chi connectivity index (χ4n) is 1.39. The normalized spacial score (nSPS) is 12.4. The van der Waals surface area contributed by atoms with Crippen molar-refractivity contribution in [3.05, 3.63) is 64.7 Å². The number of aliphatic hydroxyl groups is 1. The SMILES string of the molecule is OC(c1ccc(F)c(Cl)c1)c1ccccn1. The summed E-state index contributed by atoms with van der Waals surface area (Å²) in [7, 11) is 0. The van der Waals surface area contributed by atoms with E-state index in [9.17, 15) is 9.50 Å². The van der Waals surface area contributed by atoms with Crippen LogP contribution in [0.25, 0.3) is 0 Å². The minimum Gasteiger partial charge on any atom is -0.382 e. The first-order valence-electron chi connectivity index (χ1n) is 4.72. The van der Waals surface area contributed by atoms with Gasteiger partial charge < -0.3 is 5.11 Å². The van der Waals surface area contributed by atoms with Crippen molar-refractivity contribution < 1.29 is 9.50 Å². The lowest BCUT2D eigenvalue weighted by atomic mass is 10.1. The van der Waals surface area contributed by atoms with E-state index in [-0.39, 0.29) is 5.02 Å². The van der Waals surface area contributed by atoms with E-state index in [1.54, 1.807) is 24.4 Å². The summed E-state index contributed by atoms with van der Waals surface area (Å²) in [6.07, 6.45) is 0.697. The molecule has 0 amide bonds. The highest BCUT2D eigenvalue weighted by molar-refractivity contribution is 6.30. The third-order valence-corrected chi connectivity index (χ3v) is 2.52. The summed E-state index contributed by atoms with van der Waals surface area (Å²) in [6, 6.07) is 9.34. The Hall–Kier alpha value is -1.45. The smallest absolute Gasteiger partial charge is 0.141 e. The molecule has 1 atom stereocenters. The highest BCUT2D eigenvalue weighted by atomic mass is 35.5. The molecular formula is C12H9ClFNO. The molecule has 0 radical (unpaired) electrons. The Morgan fingerprint density at radius 2 is 2.06 bits per heavy atom. The Morgan fingerprint density at radius 1 is 1.25 bits per heavy atom. The van der Waals surface area contributed by atoms with Crippen LogP contribution in [-0.4, -0.2) is 10.1 Å². The molecule has 2 rings (SSSR count). The number of hydrogen-bond donors (Lipinski definition) is 1.